The molecule has 224 valence electrons. The predicted octanol–water partition coefficient (Wildman–Crippen LogP) is 6.69. The standard InChI is InChI=1S/C21H22O5.2C6H15N/c1-20(2,15-9-5-13(6-10-15)17(22)23)19(26)21(3,4)16-11-7-14(8-12-16)18(24)25;2*1-5(2)7-6(3)4/h5-12H,1-4H3,(H,22,23)(H,24,25);2*5-7H,1-4H3. The van der Waals surface area contributed by atoms with Crippen LogP contribution in [-0.4, -0.2) is 52.1 Å². The zero-order chi connectivity index (χ0) is 31.4. The quantitative estimate of drug-likeness (QED) is 0.258. The van der Waals surface area contributed by atoms with Crippen LogP contribution in [0.5, 0.6) is 0 Å². The van der Waals surface area contributed by atoms with Crippen molar-refractivity contribution >= 4 is 17.7 Å². The first kappa shape index (κ1) is 37.0. The van der Waals surface area contributed by atoms with Gasteiger partial charge in [-0.15, -0.1) is 0 Å². The summed E-state index contributed by atoms with van der Waals surface area (Å²) in [5.41, 5.74) is 0.101. The molecule has 0 heterocycles. The number of ketones is 1. The molecule has 0 amide bonds. The molecule has 0 aliphatic heterocycles. The van der Waals surface area contributed by atoms with Gasteiger partial charge in [0.1, 0.15) is 0 Å². The molecule has 0 saturated heterocycles. The molecule has 2 rings (SSSR count). The van der Waals surface area contributed by atoms with Gasteiger partial charge in [0, 0.05) is 35.0 Å². The summed E-state index contributed by atoms with van der Waals surface area (Å²) >= 11 is 0. The number of rotatable bonds is 10. The zero-order valence-corrected chi connectivity index (χ0v) is 26.5. The van der Waals surface area contributed by atoms with Gasteiger partial charge < -0.3 is 20.8 Å². The Bertz CT molecular complexity index is 970. The van der Waals surface area contributed by atoms with Crippen LogP contribution in [-0.2, 0) is 15.6 Å². The van der Waals surface area contributed by atoms with Gasteiger partial charge >= 0.3 is 11.9 Å². The number of benzene rings is 2. The summed E-state index contributed by atoms with van der Waals surface area (Å²) in [4.78, 5) is 35.3. The van der Waals surface area contributed by atoms with Crippen molar-refractivity contribution in [2.75, 3.05) is 0 Å². The van der Waals surface area contributed by atoms with E-state index in [9.17, 15) is 14.4 Å². The largest absolute Gasteiger partial charge is 0.478 e. The molecule has 0 saturated carbocycles. The van der Waals surface area contributed by atoms with E-state index in [4.69, 9.17) is 10.2 Å². The maximum absolute atomic E-state index is 13.3. The molecule has 4 N–H and O–H groups in total. The van der Waals surface area contributed by atoms with E-state index >= 15 is 0 Å². The molecule has 0 radical (unpaired) electrons. The molecule has 40 heavy (non-hydrogen) atoms. The Balaban J connectivity index is 0.000000894. The first-order valence-corrected chi connectivity index (χ1v) is 14.0. The monoisotopic (exact) mass is 556 g/mol. The van der Waals surface area contributed by atoms with Gasteiger partial charge in [-0.05, 0) is 63.1 Å². The molecule has 0 aliphatic carbocycles. The maximum Gasteiger partial charge on any atom is 0.335 e. The minimum Gasteiger partial charge on any atom is -0.478 e. The molecule has 7 nitrogen and oxygen atoms in total. The van der Waals surface area contributed by atoms with Crippen molar-refractivity contribution in [3.63, 3.8) is 0 Å². The molecule has 2 aromatic carbocycles. The van der Waals surface area contributed by atoms with Crippen LogP contribution >= 0.6 is 0 Å². The Morgan fingerprint density at radius 2 is 0.750 bits per heavy atom. The second kappa shape index (κ2) is 16.3. The number of hydrogen-bond donors (Lipinski definition) is 4. The molecule has 0 aliphatic rings. The van der Waals surface area contributed by atoms with E-state index in [0.29, 0.717) is 24.2 Å². The summed E-state index contributed by atoms with van der Waals surface area (Å²) in [6.07, 6.45) is 0. The lowest BCUT2D eigenvalue weighted by atomic mass is 9.67. The number of Topliss-reactive ketones (excluding diaryl/α,β-unsaturated/α-hetero) is 1. The van der Waals surface area contributed by atoms with Crippen LogP contribution in [0.25, 0.3) is 0 Å². The lowest BCUT2D eigenvalue weighted by Crippen LogP contribution is -2.42. The van der Waals surface area contributed by atoms with Crippen LogP contribution in [0.3, 0.4) is 0 Å². The minimum absolute atomic E-state index is 0.0452. The highest BCUT2D eigenvalue weighted by Gasteiger charge is 2.41. The maximum atomic E-state index is 13.3. The molecule has 0 aromatic heterocycles. The SMILES string of the molecule is CC(C)(C(=O)C(C)(C)c1ccc(C(=O)O)cc1)c1ccc(C(=O)O)cc1.CC(C)NC(C)C.CC(C)NC(C)C. The smallest absolute Gasteiger partial charge is 0.335 e. The Morgan fingerprint density at radius 3 is 0.900 bits per heavy atom. The molecular weight excluding hydrogens is 504 g/mol. The number of carboxylic acids is 2. The molecule has 0 fully saturated rings. The third-order valence-electron chi connectivity index (χ3n) is 6.18. The van der Waals surface area contributed by atoms with Crippen molar-refractivity contribution in [1.29, 1.82) is 0 Å². The van der Waals surface area contributed by atoms with Gasteiger partial charge in [0.15, 0.2) is 5.78 Å². The average Bonchev–Trinajstić information content (AvgIpc) is 2.82. The first-order chi connectivity index (χ1) is 18.2. The Hall–Kier alpha value is -3.03. The van der Waals surface area contributed by atoms with Crippen molar-refractivity contribution in [1.82, 2.24) is 10.6 Å². The van der Waals surface area contributed by atoms with Crippen molar-refractivity contribution < 1.29 is 24.6 Å². The van der Waals surface area contributed by atoms with E-state index < -0.39 is 22.8 Å². The highest BCUT2D eigenvalue weighted by atomic mass is 16.4. The zero-order valence-electron chi connectivity index (χ0n) is 26.5. The second-order valence-electron chi connectivity index (χ2n) is 12.3. The van der Waals surface area contributed by atoms with Crippen molar-refractivity contribution in [2.45, 2.75) is 118 Å². The van der Waals surface area contributed by atoms with Crippen LogP contribution in [0.1, 0.15) is 115 Å². The van der Waals surface area contributed by atoms with Gasteiger partial charge in [-0.3, -0.25) is 4.79 Å². The van der Waals surface area contributed by atoms with Crippen molar-refractivity contribution in [2.24, 2.45) is 0 Å². The van der Waals surface area contributed by atoms with Gasteiger partial charge in [0.2, 0.25) is 0 Å². The van der Waals surface area contributed by atoms with E-state index in [1.54, 1.807) is 52.0 Å². The topological polar surface area (TPSA) is 116 Å². The van der Waals surface area contributed by atoms with Crippen LogP contribution in [0.15, 0.2) is 48.5 Å². The fraction of sp³-hybridized carbons (Fsp3) is 0.545. The molecule has 0 bridgehead atoms. The lowest BCUT2D eigenvalue weighted by Gasteiger charge is -2.34. The molecule has 0 atom stereocenters. The summed E-state index contributed by atoms with van der Waals surface area (Å²) in [5.74, 6) is -2.07. The summed E-state index contributed by atoms with van der Waals surface area (Å²) in [5, 5.41) is 24.6. The van der Waals surface area contributed by atoms with Gasteiger partial charge in [0.05, 0.1) is 11.1 Å². The number of carbonyl (C=O) groups excluding carboxylic acids is 1. The van der Waals surface area contributed by atoms with Crippen LogP contribution in [0.4, 0.5) is 0 Å². The number of hydrogen-bond acceptors (Lipinski definition) is 5. The van der Waals surface area contributed by atoms with E-state index in [1.807, 2.05) is 0 Å². The van der Waals surface area contributed by atoms with Gasteiger partial charge in [-0.1, -0.05) is 79.7 Å². The number of carbonyl (C=O) groups is 3. The lowest BCUT2D eigenvalue weighted by molar-refractivity contribution is -0.128. The highest BCUT2D eigenvalue weighted by Crippen LogP contribution is 2.35. The summed E-state index contributed by atoms with van der Waals surface area (Å²) in [6, 6.07) is 15.1. The third-order valence-corrected chi connectivity index (χ3v) is 6.18. The number of nitrogens with one attached hydrogen (secondary N) is 2. The fourth-order valence-electron chi connectivity index (χ4n) is 4.44. The van der Waals surface area contributed by atoms with Crippen LogP contribution < -0.4 is 10.6 Å². The molecule has 0 spiro atoms. The van der Waals surface area contributed by atoms with Crippen LogP contribution in [0, 0.1) is 0 Å². The third kappa shape index (κ3) is 12.4. The molecule has 2 aromatic rings. The average molecular weight is 557 g/mol. The van der Waals surface area contributed by atoms with Crippen LogP contribution in [0.2, 0.25) is 0 Å². The van der Waals surface area contributed by atoms with Gasteiger partial charge in [-0.25, -0.2) is 9.59 Å². The summed E-state index contributed by atoms with van der Waals surface area (Å²) in [7, 11) is 0. The Labute approximate surface area is 241 Å². The van der Waals surface area contributed by atoms with E-state index in [-0.39, 0.29) is 16.9 Å². The van der Waals surface area contributed by atoms with Gasteiger partial charge in [0.25, 0.3) is 0 Å². The number of carboxylic acid groups (broad SMARTS) is 2. The van der Waals surface area contributed by atoms with Gasteiger partial charge in [-0.2, -0.15) is 0 Å². The van der Waals surface area contributed by atoms with E-state index in [1.165, 1.54) is 24.3 Å². The predicted molar refractivity (Wildman–Crippen MR) is 165 cm³/mol. The minimum atomic E-state index is -1.01. The Kier molecular flexibility index (Phi) is 15.1. The van der Waals surface area contributed by atoms with E-state index in [0.717, 1.165) is 11.1 Å². The van der Waals surface area contributed by atoms with Crippen molar-refractivity contribution in [3.05, 3.63) is 70.8 Å². The second-order valence-corrected chi connectivity index (χ2v) is 12.3. The summed E-state index contributed by atoms with van der Waals surface area (Å²) < 4.78 is 0. The van der Waals surface area contributed by atoms with E-state index in [2.05, 4.69) is 66.0 Å². The molecule has 7 heteroatoms. The molecule has 0 unspecified atom stereocenters. The Morgan fingerprint density at radius 1 is 0.525 bits per heavy atom. The molecular formula is C33H52N2O5. The number of aromatic carboxylic acids is 2. The first-order valence-electron chi connectivity index (χ1n) is 14.0. The highest BCUT2D eigenvalue weighted by molar-refractivity contribution is 5.98. The van der Waals surface area contributed by atoms with Crippen molar-refractivity contribution in [3.8, 4) is 0 Å². The summed E-state index contributed by atoms with van der Waals surface area (Å²) in [6.45, 7) is 24.4. The normalized spacial score (nSPS) is 11.6. The fourth-order valence-corrected chi connectivity index (χ4v) is 4.44.